The lowest BCUT2D eigenvalue weighted by molar-refractivity contribution is -0.192. The van der Waals surface area contributed by atoms with Gasteiger partial charge in [0.05, 0.1) is 22.9 Å². The number of rotatable bonds is 9. The maximum absolute atomic E-state index is 13.0. The fraction of sp³-hybridized carbons (Fsp3) is 0.440. The third-order valence-electron chi connectivity index (χ3n) is 5.68. The molecular weight excluding hydrogens is 559 g/mol. The minimum atomic E-state index is -5.08. The summed E-state index contributed by atoms with van der Waals surface area (Å²) in [6, 6.07) is 12.3. The van der Waals surface area contributed by atoms with Crippen molar-refractivity contribution in [2.45, 2.75) is 54.0 Å². The number of aliphatic carboxylic acids is 1. The van der Waals surface area contributed by atoms with E-state index in [4.69, 9.17) is 19.9 Å². The summed E-state index contributed by atoms with van der Waals surface area (Å²) in [5.41, 5.74) is -0.170. The largest absolute Gasteiger partial charge is 0.490 e. The molecule has 1 amide bonds. The minimum absolute atomic E-state index is 0.0587. The summed E-state index contributed by atoms with van der Waals surface area (Å²) in [5, 5.41) is 18.4. The molecule has 9 nitrogen and oxygen atoms in total. The molecule has 2 N–H and O–H groups in total. The molecule has 1 fully saturated rings. The fourth-order valence-corrected chi connectivity index (χ4v) is 6.48. The highest BCUT2D eigenvalue weighted by Gasteiger charge is 2.38. The average Bonchev–Trinajstić information content (AvgIpc) is 2.88. The Bertz CT molecular complexity index is 1240. The number of hydrogen-bond donors (Lipinski definition) is 2. The number of nitrogens with one attached hydrogen (secondary N) is 1. The number of alkyl halides is 3. The standard InChI is InChI=1S/C23H27N3O4S2.C2HF3O2/c1-17(30-19-6-4-13-25-15-19)31-20-8-10-21(11-9-20)32(28,29)16-18-5-2-3-7-22(18)23(27)26-14-12-24;3-2(4,5)1(6)7/h4,6,8-11,13,15,17-18,22H,2-3,5,7,14,16H2,1H3,(H,26,27);(H,6,7)/t17?,18-,22+;/m1./s1. The van der Waals surface area contributed by atoms with Gasteiger partial charge in [0.15, 0.2) is 9.84 Å². The fourth-order valence-electron chi connectivity index (χ4n) is 3.94. The molecule has 14 heteroatoms. The first-order valence-corrected chi connectivity index (χ1v) is 14.4. The number of nitrogens with zero attached hydrogens (tertiary/aromatic N) is 2. The van der Waals surface area contributed by atoms with Crippen molar-refractivity contribution in [3.8, 4) is 11.8 Å². The number of thioether (sulfide) groups is 1. The number of carboxylic acid groups (broad SMARTS) is 1. The van der Waals surface area contributed by atoms with Crippen molar-refractivity contribution in [3.05, 3.63) is 48.8 Å². The van der Waals surface area contributed by atoms with E-state index in [-0.39, 0.29) is 40.4 Å². The molecular formula is C25H28F3N3O6S2. The van der Waals surface area contributed by atoms with Gasteiger partial charge in [-0.2, -0.15) is 18.4 Å². The van der Waals surface area contributed by atoms with E-state index in [2.05, 4.69) is 10.3 Å². The second-order valence-electron chi connectivity index (χ2n) is 8.57. The Morgan fingerprint density at radius 1 is 1.23 bits per heavy atom. The number of carboxylic acids is 1. The number of ether oxygens (including phenoxy) is 1. The van der Waals surface area contributed by atoms with Crippen molar-refractivity contribution >= 4 is 33.5 Å². The van der Waals surface area contributed by atoms with E-state index in [1.54, 1.807) is 42.7 Å². The molecule has 212 valence electrons. The topological polar surface area (TPSA) is 146 Å². The molecule has 0 spiro atoms. The number of hydrogen-bond acceptors (Lipinski definition) is 8. The van der Waals surface area contributed by atoms with Gasteiger partial charge in [0, 0.05) is 17.0 Å². The van der Waals surface area contributed by atoms with E-state index in [0.717, 1.165) is 17.7 Å². The number of benzene rings is 1. The lowest BCUT2D eigenvalue weighted by atomic mass is 9.80. The molecule has 1 aromatic heterocycles. The Morgan fingerprint density at radius 3 is 2.44 bits per heavy atom. The second-order valence-corrected chi connectivity index (χ2v) is 12.0. The first-order chi connectivity index (χ1) is 18.3. The number of carbonyl (C=O) groups excluding carboxylic acids is 1. The van der Waals surface area contributed by atoms with Crippen LogP contribution in [0.2, 0.25) is 0 Å². The maximum atomic E-state index is 13.0. The van der Waals surface area contributed by atoms with Gasteiger partial charge >= 0.3 is 12.1 Å². The zero-order valence-electron chi connectivity index (χ0n) is 20.9. The first kappa shape index (κ1) is 31.9. The highest BCUT2D eigenvalue weighted by atomic mass is 32.2. The van der Waals surface area contributed by atoms with Crippen molar-refractivity contribution in [3.63, 3.8) is 0 Å². The minimum Gasteiger partial charge on any atom is -0.478 e. The molecule has 39 heavy (non-hydrogen) atoms. The summed E-state index contributed by atoms with van der Waals surface area (Å²) < 4.78 is 63.6. The normalized spacial score (nSPS) is 18.0. The molecule has 1 saturated carbocycles. The average molecular weight is 588 g/mol. The van der Waals surface area contributed by atoms with Gasteiger partial charge in [-0.25, -0.2) is 13.2 Å². The molecule has 0 saturated heterocycles. The van der Waals surface area contributed by atoms with Crippen LogP contribution in [0.15, 0.2) is 58.6 Å². The van der Waals surface area contributed by atoms with Crippen LogP contribution in [0.1, 0.15) is 32.6 Å². The van der Waals surface area contributed by atoms with E-state index < -0.39 is 22.0 Å². The SMILES string of the molecule is CC(Oc1cccnc1)Sc1ccc(S(=O)(=O)C[C@H]2CCCC[C@@H]2C(=O)NCC#N)cc1.O=C(O)C(F)(F)F. The Morgan fingerprint density at radius 2 is 1.87 bits per heavy atom. The zero-order valence-corrected chi connectivity index (χ0v) is 22.6. The van der Waals surface area contributed by atoms with E-state index in [0.29, 0.717) is 18.6 Å². The Hall–Kier alpha value is -3.31. The van der Waals surface area contributed by atoms with E-state index in [1.165, 1.54) is 11.8 Å². The Kier molecular flexibility index (Phi) is 12.1. The summed E-state index contributed by atoms with van der Waals surface area (Å²) in [7, 11) is -3.53. The van der Waals surface area contributed by atoms with E-state index in [1.807, 2.05) is 19.1 Å². The molecule has 1 heterocycles. The first-order valence-electron chi connectivity index (χ1n) is 11.8. The number of pyridine rings is 1. The van der Waals surface area contributed by atoms with Crippen molar-refractivity contribution in [2.24, 2.45) is 11.8 Å². The lowest BCUT2D eigenvalue weighted by Crippen LogP contribution is -2.39. The number of nitriles is 1. The van der Waals surface area contributed by atoms with E-state index in [9.17, 15) is 26.4 Å². The zero-order chi connectivity index (χ0) is 29.1. The molecule has 2 aromatic rings. The summed E-state index contributed by atoms with van der Waals surface area (Å²) in [6.45, 7) is 1.86. The maximum Gasteiger partial charge on any atom is 0.490 e. The van der Waals surface area contributed by atoms with Crippen LogP contribution in [0.25, 0.3) is 0 Å². The van der Waals surface area contributed by atoms with Crippen LogP contribution in [-0.4, -0.2) is 54.3 Å². The molecule has 1 aliphatic rings. The van der Waals surface area contributed by atoms with Gasteiger partial charge in [-0.15, -0.1) is 0 Å². The molecule has 0 bridgehead atoms. The van der Waals surface area contributed by atoms with Crippen molar-refractivity contribution < 1.29 is 41.0 Å². The summed E-state index contributed by atoms with van der Waals surface area (Å²) in [5.74, 6) is -2.98. The van der Waals surface area contributed by atoms with Gasteiger partial charge in [0.25, 0.3) is 0 Å². The van der Waals surface area contributed by atoms with Gasteiger partial charge in [0.2, 0.25) is 5.91 Å². The highest BCUT2D eigenvalue weighted by Crippen LogP contribution is 2.33. The van der Waals surface area contributed by atoms with Crippen LogP contribution in [0, 0.1) is 23.2 Å². The third-order valence-corrected chi connectivity index (χ3v) is 8.51. The van der Waals surface area contributed by atoms with Gasteiger partial charge < -0.3 is 15.2 Å². The van der Waals surface area contributed by atoms with E-state index >= 15 is 0 Å². The monoisotopic (exact) mass is 587 g/mol. The van der Waals surface area contributed by atoms with Crippen LogP contribution in [0.3, 0.4) is 0 Å². The van der Waals surface area contributed by atoms with Crippen molar-refractivity contribution in [1.82, 2.24) is 10.3 Å². The molecule has 3 atom stereocenters. The lowest BCUT2D eigenvalue weighted by Gasteiger charge is -2.30. The summed E-state index contributed by atoms with van der Waals surface area (Å²) >= 11 is 1.48. The van der Waals surface area contributed by atoms with Crippen LogP contribution in [-0.2, 0) is 19.4 Å². The molecule has 1 aromatic carbocycles. The second kappa shape index (κ2) is 14.7. The predicted octanol–water partition coefficient (Wildman–Crippen LogP) is 4.45. The highest BCUT2D eigenvalue weighted by molar-refractivity contribution is 7.99. The van der Waals surface area contributed by atoms with Crippen LogP contribution < -0.4 is 10.1 Å². The molecule has 0 radical (unpaired) electrons. The quantitative estimate of drug-likeness (QED) is 0.247. The Labute approximate surface area is 228 Å². The third kappa shape index (κ3) is 10.8. The number of carbonyl (C=O) groups is 2. The van der Waals surface area contributed by atoms with Crippen molar-refractivity contribution in [2.75, 3.05) is 12.3 Å². The number of sulfone groups is 1. The summed E-state index contributed by atoms with van der Waals surface area (Å²) in [6.07, 6.45) is 1.39. The summed E-state index contributed by atoms with van der Waals surface area (Å²) in [4.78, 5) is 26.5. The van der Waals surface area contributed by atoms with Gasteiger partial charge in [-0.3, -0.25) is 9.78 Å². The smallest absolute Gasteiger partial charge is 0.478 e. The number of aromatic nitrogens is 1. The van der Waals surface area contributed by atoms with Gasteiger partial charge in [0.1, 0.15) is 17.7 Å². The molecule has 3 rings (SSSR count). The van der Waals surface area contributed by atoms with Crippen molar-refractivity contribution in [1.29, 1.82) is 5.26 Å². The van der Waals surface area contributed by atoms with Crippen LogP contribution >= 0.6 is 11.8 Å². The molecule has 1 aliphatic carbocycles. The van der Waals surface area contributed by atoms with Crippen LogP contribution in [0.5, 0.6) is 5.75 Å². The Balaban J connectivity index is 0.000000673. The van der Waals surface area contributed by atoms with Crippen LogP contribution in [0.4, 0.5) is 13.2 Å². The number of halogens is 3. The number of amides is 1. The molecule has 0 aliphatic heterocycles. The predicted molar refractivity (Wildman–Crippen MR) is 136 cm³/mol. The van der Waals surface area contributed by atoms with Gasteiger partial charge in [-0.05, 0) is 62.1 Å². The molecule has 1 unspecified atom stereocenters. The van der Waals surface area contributed by atoms with Gasteiger partial charge in [-0.1, -0.05) is 24.6 Å².